The number of nitrogens with one attached hydrogen (secondary N) is 2. The van der Waals surface area contributed by atoms with Gasteiger partial charge in [-0.25, -0.2) is 0 Å². The SMILES string of the molecule is C[C@@H](C(=O)Nc1cn[nH]c1)N(C)C. The Morgan fingerprint density at radius 2 is 2.38 bits per heavy atom. The van der Waals surface area contributed by atoms with E-state index < -0.39 is 0 Å². The van der Waals surface area contributed by atoms with E-state index in [-0.39, 0.29) is 11.9 Å². The molecule has 0 fully saturated rings. The van der Waals surface area contributed by atoms with Crippen LogP contribution in [0, 0.1) is 0 Å². The van der Waals surface area contributed by atoms with Crippen molar-refractivity contribution in [2.75, 3.05) is 19.4 Å². The van der Waals surface area contributed by atoms with Gasteiger partial charge in [0.15, 0.2) is 0 Å². The minimum absolute atomic E-state index is 0.0357. The summed E-state index contributed by atoms with van der Waals surface area (Å²) in [6, 6.07) is -0.144. The lowest BCUT2D eigenvalue weighted by Gasteiger charge is -2.18. The third-order valence-corrected chi connectivity index (χ3v) is 1.92. The third-order valence-electron chi connectivity index (χ3n) is 1.92. The number of carbonyl (C=O) groups excluding carboxylic acids is 1. The highest BCUT2D eigenvalue weighted by Gasteiger charge is 2.14. The van der Waals surface area contributed by atoms with Crippen LogP contribution in [0.4, 0.5) is 5.69 Å². The fourth-order valence-corrected chi connectivity index (χ4v) is 0.800. The van der Waals surface area contributed by atoms with E-state index in [0.717, 1.165) is 0 Å². The van der Waals surface area contributed by atoms with Crippen molar-refractivity contribution in [1.82, 2.24) is 15.1 Å². The normalized spacial score (nSPS) is 12.9. The Bertz CT molecular complexity index is 268. The van der Waals surface area contributed by atoms with Gasteiger partial charge in [0.05, 0.1) is 17.9 Å². The molecule has 0 aliphatic heterocycles. The molecule has 0 aliphatic rings. The van der Waals surface area contributed by atoms with Crippen LogP contribution in [0.2, 0.25) is 0 Å². The quantitative estimate of drug-likeness (QED) is 0.706. The van der Waals surface area contributed by atoms with Crippen LogP contribution in [-0.4, -0.2) is 41.1 Å². The van der Waals surface area contributed by atoms with Gasteiger partial charge in [0, 0.05) is 6.20 Å². The number of H-pyrrole nitrogens is 1. The summed E-state index contributed by atoms with van der Waals surface area (Å²) in [5.74, 6) is -0.0357. The maximum atomic E-state index is 11.5. The summed E-state index contributed by atoms with van der Waals surface area (Å²) < 4.78 is 0. The van der Waals surface area contributed by atoms with Gasteiger partial charge in [-0.1, -0.05) is 0 Å². The number of rotatable bonds is 3. The maximum Gasteiger partial charge on any atom is 0.241 e. The van der Waals surface area contributed by atoms with Crippen LogP contribution in [0.3, 0.4) is 0 Å². The van der Waals surface area contributed by atoms with Gasteiger partial charge in [-0.15, -0.1) is 0 Å². The Balaban J connectivity index is 2.51. The Morgan fingerprint density at radius 3 is 2.85 bits per heavy atom. The molecule has 0 aliphatic carbocycles. The van der Waals surface area contributed by atoms with Gasteiger partial charge in [0.2, 0.25) is 5.91 Å². The zero-order valence-corrected chi connectivity index (χ0v) is 8.03. The van der Waals surface area contributed by atoms with Gasteiger partial charge in [-0.05, 0) is 21.0 Å². The minimum Gasteiger partial charge on any atom is -0.322 e. The monoisotopic (exact) mass is 182 g/mol. The Morgan fingerprint density at radius 1 is 1.69 bits per heavy atom. The standard InChI is InChI=1S/C8H14N4O/c1-6(12(2)3)8(13)11-7-4-9-10-5-7/h4-6H,1-3H3,(H,9,10)(H,11,13)/t6-/m0/s1. The molecular formula is C8H14N4O. The summed E-state index contributed by atoms with van der Waals surface area (Å²) in [5.41, 5.74) is 0.693. The Kier molecular flexibility index (Phi) is 3.02. The van der Waals surface area contributed by atoms with Crippen LogP contribution < -0.4 is 5.32 Å². The number of anilines is 1. The molecule has 5 nitrogen and oxygen atoms in total. The number of hydrogen-bond donors (Lipinski definition) is 2. The Hall–Kier alpha value is -1.36. The van der Waals surface area contributed by atoms with E-state index in [1.165, 1.54) is 0 Å². The van der Waals surface area contributed by atoms with Crippen molar-refractivity contribution in [3.8, 4) is 0 Å². The predicted molar refractivity (Wildman–Crippen MR) is 50.4 cm³/mol. The van der Waals surface area contributed by atoms with Crippen LogP contribution in [-0.2, 0) is 4.79 Å². The topological polar surface area (TPSA) is 61.0 Å². The molecule has 0 saturated heterocycles. The lowest BCUT2D eigenvalue weighted by molar-refractivity contribution is -0.119. The number of carbonyl (C=O) groups is 1. The number of likely N-dealkylation sites (N-methyl/N-ethyl adjacent to an activating group) is 1. The summed E-state index contributed by atoms with van der Waals surface area (Å²) in [7, 11) is 3.72. The molecule has 1 aromatic rings. The molecule has 0 unspecified atom stereocenters. The molecule has 0 aromatic carbocycles. The van der Waals surface area contributed by atoms with Crippen LogP contribution in [0.5, 0.6) is 0 Å². The molecule has 1 atom stereocenters. The summed E-state index contributed by atoms with van der Waals surface area (Å²) in [6.07, 6.45) is 3.21. The van der Waals surface area contributed by atoms with E-state index in [0.29, 0.717) is 5.69 Å². The average molecular weight is 182 g/mol. The lowest BCUT2D eigenvalue weighted by atomic mass is 10.3. The van der Waals surface area contributed by atoms with Gasteiger partial charge in [0.25, 0.3) is 0 Å². The van der Waals surface area contributed by atoms with Crippen LogP contribution >= 0.6 is 0 Å². The minimum atomic E-state index is -0.144. The zero-order chi connectivity index (χ0) is 9.84. The number of hydrogen-bond acceptors (Lipinski definition) is 3. The fraction of sp³-hybridized carbons (Fsp3) is 0.500. The molecule has 0 spiro atoms. The van der Waals surface area contributed by atoms with E-state index >= 15 is 0 Å². The molecule has 1 amide bonds. The van der Waals surface area contributed by atoms with Gasteiger partial charge in [0.1, 0.15) is 0 Å². The predicted octanol–water partition coefficient (Wildman–Crippen LogP) is 0.298. The molecule has 1 heterocycles. The largest absolute Gasteiger partial charge is 0.322 e. The van der Waals surface area contributed by atoms with Crippen molar-refractivity contribution >= 4 is 11.6 Å². The highest BCUT2D eigenvalue weighted by Crippen LogP contribution is 2.03. The molecule has 72 valence electrons. The smallest absolute Gasteiger partial charge is 0.241 e. The van der Waals surface area contributed by atoms with Crippen molar-refractivity contribution in [2.24, 2.45) is 0 Å². The number of aromatic amines is 1. The molecule has 2 N–H and O–H groups in total. The first kappa shape index (κ1) is 9.73. The van der Waals surface area contributed by atoms with Crippen molar-refractivity contribution in [1.29, 1.82) is 0 Å². The second-order valence-corrected chi connectivity index (χ2v) is 3.12. The van der Waals surface area contributed by atoms with Crippen LogP contribution in [0.15, 0.2) is 12.4 Å². The van der Waals surface area contributed by atoms with Crippen molar-refractivity contribution in [3.05, 3.63) is 12.4 Å². The molecule has 0 saturated carbocycles. The number of nitrogens with zero attached hydrogens (tertiary/aromatic N) is 2. The highest BCUT2D eigenvalue weighted by atomic mass is 16.2. The highest BCUT2D eigenvalue weighted by molar-refractivity contribution is 5.94. The molecule has 1 aromatic heterocycles. The van der Waals surface area contributed by atoms with Gasteiger partial charge < -0.3 is 5.32 Å². The summed E-state index contributed by atoms with van der Waals surface area (Å²) in [6.45, 7) is 1.84. The average Bonchev–Trinajstić information content (AvgIpc) is 2.55. The van der Waals surface area contributed by atoms with E-state index in [1.54, 1.807) is 12.4 Å². The molecule has 0 bridgehead atoms. The van der Waals surface area contributed by atoms with Crippen molar-refractivity contribution < 1.29 is 4.79 Å². The van der Waals surface area contributed by atoms with Gasteiger partial charge >= 0.3 is 0 Å². The zero-order valence-electron chi connectivity index (χ0n) is 8.03. The first-order valence-corrected chi connectivity index (χ1v) is 4.07. The first-order valence-electron chi connectivity index (χ1n) is 4.07. The first-order chi connectivity index (χ1) is 6.11. The van der Waals surface area contributed by atoms with Gasteiger partial charge in [-0.2, -0.15) is 5.10 Å². The second kappa shape index (κ2) is 4.04. The lowest BCUT2D eigenvalue weighted by Crippen LogP contribution is -2.36. The summed E-state index contributed by atoms with van der Waals surface area (Å²) in [5, 5.41) is 9.08. The summed E-state index contributed by atoms with van der Waals surface area (Å²) in [4.78, 5) is 13.3. The molecule has 0 radical (unpaired) electrons. The van der Waals surface area contributed by atoms with Crippen LogP contribution in [0.1, 0.15) is 6.92 Å². The van der Waals surface area contributed by atoms with Crippen molar-refractivity contribution in [3.63, 3.8) is 0 Å². The molecule has 1 rings (SSSR count). The van der Waals surface area contributed by atoms with Crippen LogP contribution in [0.25, 0.3) is 0 Å². The second-order valence-electron chi connectivity index (χ2n) is 3.12. The third kappa shape index (κ3) is 2.55. The number of aromatic nitrogens is 2. The van der Waals surface area contributed by atoms with E-state index in [1.807, 2.05) is 25.9 Å². The van der Waals surface area contributed by atoms with E-state index in [2.05, 4.69) is 15.5 Å². The number of amides is 1. The fourth-order valence-electron chi connectivity index (χ4n) is 0.800. The summed E-state index contributed by atoms with van der Waals surface area (Å²) >= 11 is 0. The van der Waals surface area contributed by atoms with Gasteiger partial charge in [-0.3, -0.25) is 14.8 Å². The van der Waals surface area contributed by atoms with E-state index in [4.69, 9.17) is 0 Å². The molecule has 5 heteroatoms. The van der Waals surface area contributed by atoms with Crippen molar-refractivity contribution in [2.45, 2.75) is 13.0 Å². The Labute approximate surface area is 77.1 Å². The van der Waals surface area contributed by atoms with E-state index in [9.17, 15) is 4.79 Å². The maximum absolute atomic E-state index is 11.5. The molecular weight excluding hydrogens is 168 g/mol. The molecule has 13 heavy (non-hydrogen) atoms.